The number of nitrogens with zero attached hydrogens (tertiary/aromatic N) is 2. The molecule has 1 aliphatic rings. The molecule has 0 amide bonds. The highest BCUT2D eigenvalue weighted by atomic mass is 16.3. The summed E-state index contributed by atoms with van der Waals surface area (Å²) < 4.78 is 1.85. The fourth-order valence-corrected chi connectivity index (χ4v) is 3.30. The summed E-state index contributed by atoms with van der Waals surface area (Å²) in [5.74, 6) is 1.20. The topological polar surface area (TPSA) is 38.0 Å². The zero-order chi connectivity index (χ0) is 14.0. The SMILES string of the molecule is Cn1cc(CCC2CC(C(C)(C)C)CCC2O)cn1. The molecule has 3 unspecified atom stereocenters. The van der Waals surface area contributed by atoms with E-state index < -0.39 is 0 Å². The Morgan fingerprint density at radius 2 is 2.11 bits per heavy atom. The van der Waals surface area contributed by atoms with Crippen LogP contribution < -0.4 is 0 Å². The maximum absolute atomic E-state index is 10.2. The van der Waals surface area contributed by atoms with Crippen molar-refractivity contribution in [2.24, 2.45) is 24.3 Å². The van der Waals surface area contributed by atoms with E-state index in [0.717, 1.165) is 25.2 Å². The summed E-state index contributed by atoms with van der Waals surface area (Å²) in [7, 11) is 1.95. The Kier molecular flexibility index (Phi) is 4.34. The van der Waals surface area contributed by atoms with E-state index in [1.54, 1.807) is 0 Å². The second-order valence-electron chi connectivity index (χ2n) is 7.26. The van der Waals surface area contributed by atoms with Gasteiger partial charge in [-0.3, -0.25) is 4.68 Å². The van der Waals surface area contributed by atoms with E-state index in [9.17, 15) is 5.11 Å². The van der Waals surface area contributed by atoms with Crippen molar-refractivity contribution in [3.63, 3.8) is 0 Å². The van der Waals surface area contributed by atoms with Gasteiger partial charge >= 0.3 is 0 Å². The maximum Gasteiger partial charge on any atom is 0.0568 e. The first-order chi connectivity index (χ1) is 8.86. The van der Waals surface area contributed by atoms with E-state index in [2.05, 4.69) is 32.1 Å². The lowest BCUT2D eigenvalue weighted by Crippen LogP contribution is -2.34. The van der Waals surface area contributed by atoms with Gasteiger partial charge in [0.2, 0.25) is 0 Å². The number of aliphatic hydroxyl groups excluding tert-OH is 1. The van der Waals surface area contributed by atoms with Gasteiger partial charge in [0.1, 0.15) is 0 Å². The van der Waals surface area contributed by atoms with Gasteiger partial charge in [0.05, 0.1) is 12.3 Å². The summed E-state index contributed by atoms with van der Waals surface area (Å²) in [5.41, 5.74) is 1.65. The van der Waals surface area contributed by atoms with Crippen molar-refractivity contribution in [1.82, 2.24) is 9.78 Å². The van der Waals surface area contributed by atoms with Gasteiger partial charge in [-0.25, -0.2) is 0 Å². The summed E-state index contributed by atoms with van der Waals surface area (Å²) in [4.78, 5) is 0. The zero-order valence-electron chi connectivity index (χ0n) is 12.8. The molecule has 1 N–H and O–H groups in total. The lowest BCUT2D eigenvalue weighted by Gasteiger charge is -2.40. The predicted octanol–water partition coefficient (Wildman–Crippen LogP) is 3.18. The molecule has 19 heavy (non-hydrogen) atoms. The highest BCUT2D eigenvalue weighted by Crippen LogP contribution is 2.41. The van der Waals surface area contributed by atoms with Crippen molar-refractivity contribution in [2.75, 3.05) is 0 Å². The van der Waals surface area contributed by atoms with Crippen LogP contribution in [0.5, 0.6) is 0 Å². The molecule has 1 aromatic heterocycles. The molecule has 0 radical (unpaired) electrons. The molecule has 1 aromatic rings. The summed E-state index contributed by atoms with van der Waals surface area (Å²) in [6, 6.07) is 0. The van der Waals surface area contributed by atoms with Gasteiger partial charge in [0, 0.05) is 13.2 Å². The maximum atomic E-state index is 10.2. The first-order valence-corrected chi connectivity index (χ1v) is 7.52. The highest BCUT2D eigenvalue weighted by molar-refractivity contribution is 5.04. The molecule has 1 heterocycles. The van der Waals surface area contributed by atoms with Gasteiger partial charge in [-0.15, -0.1) is 0 Å². The molecule has 0 bridgehead atoms. The average molecular weight is 264 g/mol. The van der Waals surface area contributed by atoms with Crippen LogP contribution in [0.25, 0.3) is 0 Å². The molecular formula is C16H28N2O. The summed E-state index contributed by atoms with van der Waals surface area (Å²) in [6.07, 6.45) is 9.35. The summed E-state index contributed by atoms with van der Waals surface area (Å²) >= 11 is 0. The van der Waals surface area contributed by atoms with Gasteiger partial charge in [-0.2, -0.15) is 5.10 Å². The van der Waals surface area contributed by atoms with Crippen LogP contribution in [0.4, 0.5) is 0 Å². The average Bonchev–Trinajstić information content (AvgIpc) is 2.72. The van der Waals surface area contributed by atoms with Crippen molar-refractivity contribution >= 4 is 0 Å². The molecule has 2 rings (SSSR count). The number of aryl methyl sites for hydroxylation is 2. The quantitative estimate of drug-likeness (QED) is 0.910. The molecule has 1 saturated carbocycles. The van der Waals surface area contributed by atoms with Crippen LogP contribution in [0.2, 0.25) is 0 Å². The van der Waals surface area contributed by atoms with E-state index in [-0.39, 0.29) is 6.10 Å². The van der Waals surface area contributed by atoms with E-state index in [0.29, 0.717) is 11.3 Å². The third kappa shape index (κ3) is 3.82. The van der Waals surface area contributed by atoms with Gasteiger partial charge in [-0.05, 0) is 54.9 Å². The van der Waals surface area contributed by atoms with E-state index in [1.807, 2.05) is 17.9 Å². The second kappa shape index (κ2) is 5.66. The lowest BCUT2D eigenvalue weighted by molar-refractivity contribution is 0.0160. The molecule has 0 saturated heterocycles. The predicted molar refractivity (Wildman–Crippen MR) is 77.8 cm³/mol. The van der Waals surface area contributed by atoms with Crippen LogP contribution in [0.3, 0.4) is 0 Å². The Balaban J connectivity index is 1.90. The van der Waals surface area contributed by atoms with Crippen LogP contribution in [0, 0.1) is 17.3 Å². The summed E-state index contributed by atoms with van der Waals surface area (Å²) in [6.45, 7) is 6.98. The van der Waals surface area contributed by atoms with Crippen LogP contribution >= 0.6 is 0 Å². The van der Waals surface area contributed by atoms with Gasteiger partial charge in [-0.1, -0.05) is 20.8 Å². The van der Waals surface area contributed by atoms with Crippen molar-refractivity contribution in [3.8, 4) is 0 Å². The standard InChI is InChI=1S/C16H28N2O/c1-16(2,3)14-7-8-15(19)13(9-14)6-5-12-10-17-18(4)11-12/h10-11,13-15,19H,5-9H2,1-4H3. The van der Waals surface area contributed by atoms with Crippen molar-refractivity contribution in [1.29, 1.82) is 0 Å². The van der Waals surface area contributed by atoms with Gasteiger partial charge < -0.3 is 5.11 Å². The number of aliphatic hydroxyl groups is 1. The minimum atomic E-state index is -0.102. The molecule has 1 aliphatic carbocycles. The summed E-state index contributed by atoms with van der Waals surface area (Å²) in [5, 5.41) is 14.4. The number of aromatic nitrogens is 2. The normalized spacial score (nSPS) is 28.6. The lowest BCUT2D eigenvalue weighted by atomic mass is 9.67. The Labute approximate surface area is 117 Å². The van der Waals surface area contributed by atoms with Crippen LogP contribution in [-0.4, -0.2) is 21.0 Å². The van der Waals surface area contributed by atoms with E-state index >= 15 is 0 Å². The fourth-order valence-electron chi connectivity index (χ4n) is 3.30. The number of rotatable bonds is 3. The Hall–Kier alpha value is -0.830. The Bertz CT molecular complexity index is 405. The van der Waals surface area contributed by atoms with Crippen molar-refractivity contribution in [3.05, 3.63) is 18.0 Å². The van der Waals surface area contributed by atoms with Crippen LogP contribution in [0.1, 0.15) is 52.0 Å². The zero-order valence-corrected chi connectivity index (χ0v) is 12.8. The first-order valence-electron chi connectivity index (χ1n) is 7.52. The largest absolute Gasteiger partial charge is 0.393 e. The monoisotopic (exact) mass is 264 g/mol. The smallest absolute Gasteiger partial charge is 0.0568 e. The third-order valence-corrected chi connectivity index (χ3v) is 4.73. The van der Waals surface area contributed by atoms with E-state index in [1.165, 1.54) is 18.4 Å². The number of hydrogen-bond donors (Lipinski definition) is 1. The molecule has 3 atom stereocenters. The Morgan fingerprint density at radius 1 is 1.37 bits per heavy atom. The molecule has 3 heteroatoms. The van der Waals surface area contributed by atoms with Crippen molar-refractivity contribution in [2.45, 2.75) is 59.0 Å². The highest BCUT2D eigenvalue weighted by Gasteiger charge is 2.34. The van der Waals surface area contributed by atoms with Crippen molar-refractivity contribution < 1.29 is 5.11 Å². The molecule has 0 spiro atoms. The molecule has 0 aromatic carbocycles. The number of hydrogen-bond acceptors (Lipinski definition) is 2. The van der Waals surface area contributed by atoms with Gasteiger partial charge in [0.25, 0.3) is 0 Å². The third-order valence-electron chi connectivity index (χ3n) is 4.73. The molecule has 0 aliphatic heterocycles. The van der Waals surface area contributed by atoms with Crippen LogP contribution in [-0.2, 0) is 13.5 Å². The minimum absolute atomic E-state index is 0.102. The fraction of sp³-hybridized carbons (Fsp3) is 0.812. The van der Waals surface area contributed by atoms with Crippen LogP contribution in [0.15, 0.2) is 12.4 Å². The van der Waals surface area contributed by atoms with E-state index in [4.69, 9.17) is 0 Å². The molecular weight excluding hydrogens is 236 g/mol. The molecule has 108 valence electrons. The first kappa shape index (κ1) is 14.6. The Morgan fingerprint density at radius 3 is 2.68 bits per heavy atom. The second-order valence-corrected chi connectivity index (χ2v) is 7.26. The molecule has 3 nitrogen and oxygen atoms in total. The molecule has 1 fully saturated rings. The van der Waals surface area contributed by atoms with Gasteiger partial charge in [0.15, 0.2) is 0 Å². The minimum Gasteiger partial charge on any atom is -0.393 e.